The van der Waals surface area contributed by atoms with Crippen molar-refractivity contribution in [3.05, 3.63) is 85.1 Å². The van der Waals surface area contributed by atoms with Gasteiger partial charge in [0.05, 0.1) is 39.9 Å². The number of aliphatic hydroxyl groups excluding tert-OH is 1. The normalized spacial score (nSPS) is 15.2. The third-order valence-corrected chi connectivity index (χ3v) is 10.1. The number of hydrogen-bond donors (Lipinski definition) is 2. The average Bonchev–Trinajstić information content (AvgIpc) is 3.15. The van der Waals surface area contributed by atoms with Gasteiger partial charge in [-0.1, -0.05) is 163 Å². The molecule has 8 nitrogen and oxygen atoms in total. The predicted octanol–water partition coefficient (Wildman–Crippen LogP) is 11.6. The molecule has 0 fully saturated rings. The van der Waals surface area contributed by atoms with E-state index in [0.717, 1.165) is 89.9 Å². The van der Waals surface area contributed by atoms with Gasteiger partial charge in [0.15, 0.2) is 0 Å². The number of likely N-dealkylation sites (N-methyl/N-ethyl adjacent to an activating group) is 1. The number of amides is 1. The molecule has 322 valence electrons. The van der Waals surface area contributed by atoms with E-state index < -0.39 is 20.0 Å². The summed E-state index contributed by atoms with van der Waals surface area (Å²) in [4.78, 5) is 25.2. The molecule has 0 heterocycles. The van der Waals surface area contributed by atoms with Crippen molar-refractivity contribution in [2.75, 3.05) is 40.9 Å². The van der Waals surface area contributed by atoms with Crippen LogP contribution in [-0.4, -0.2) is 68.5 Å². The molecule has 0 aliphatic heterocycles. The molecule has 0 spiro atoms. The quantitative estimate of drug-likeness (QED) is 0.0279. The second kappa shape index (κ2) is 38.2. The van der Waals surface area contributed by atoms with Crippen molar-refractivity contribution in [1.82, 2.24) is 5.32 Å². The first-order valence-corrected chi connectivity index (χ1v) is 23.4. The summed E-state index contributed by atoms with van der Waals surface area (Å²) in [6.45, 7) is 4.43. The highest BCUT2D eigenvalue weighted by Crippen LogP contribution is 2.38. The van der Waals surface area contributed by atoms with Crippen molar-refractivity contribution in [3.8, 4) is 0 Å². The zero-order chi connectivity index (χ0) is 41.4. The topological polar surface area (TPSA) is 108 Å². The lowest BCUT2D eigenvalue weighted by Gasteiger charge is -2.29. The Morgan fingerprint density at radius 3 is 1.59 bits per heavy atom. The Morgan fingerprint density at radius 2 is 1.09 bits per heavy atom. The van der Waals surface area contributed by atoms with Crippen molar-refractivity contribution in [2.45, 2.75) is 167 Å². The molecular formula is C47H83N2O6P. The lowest BCUT2D eigenvalue weighted by atomic mass is 10.1. The number of carbonyl (C=O) groups excluding carboxylic acids is 1. The van der Waals surface area contributed by atoms with Crippen LogP contribution in [0.15, 0.2) is 85.1 Å². The molecule has 0 saturated carbocycles. The van der Waals surface area contributed by atoms with Gasteiger partial charge < -0.3 is 28.8 Å². The second-order valence-electron chi connectivity index (χ2n) is 15.7. The second-order valence-corrected chi connectivity index (χ2v) is 17.1. The number of unbranched alkanes of at least 4 members (excludes halogenated alkanes) is 13. The van der Waals surface area contributed by atoms with E-state index in [1.54, 1.807) is 6.08 Å². The summed E-state index contributed by atoms with van der Waals surface area (Å²) < 4.78 is 23.0. The highest BCUT2D eigenvalue weighted by atomic mass is 31.2. The summed E-state index contributed by atoms with van der Waals surface area (Å²) in [6, 6.07) is -0.893. The van der Waals surface area contributed by atoms with E-state index in [1.807, 2.05) is 27.2 Å². The highest BCUT2D eigenvalue weighted by molar-refractivity contribution is 7.45. The van der Waals surface area contributed by atoms with Crippen LogP contribution in [0.5, 0.6) is 0 Å². The fourth-order valence-corrected chi connectivity index (χ4v) is 6.35. The number of allylic oxidation sites excluding steroid dienone is 13. The van der Waals surface area contributed by atoms with Crippen LogP contribution in [0, 0.1) is 0 Å². The van der Waals surface area contributed by atoms with Gasteiger partial charge in [-0.05, 0) is 70.6 Å². The summed E-state index contributed by atoms with van der Waals surface area (Å²) in [6.07, 6.45) is 52.2. The maximum Gasteiger partial charge on any atom is 0.268 e. The lowest BCUT2D eigenvalue weighted by molar-refractivity contribution is -0.870. The van der Waals surface area contributed by atoms with Gasteiger partial charge in [0.1, 0.15) is 13.2 Å². The Morgan fingerprint density at radius 1 is 0.643 bits per heavy atom. The Balaban J connectivity index is 4.19. The smallest absolute Gasteiger partial charge is 0.268 e. The van der Waals surface area contributed by atoms with Gasteiger partial charge in [0, 0.05) is 6.42 Å². The third-order valence-electron chi connectivity index (χ3n) is 9.11. The maximum atomic E-state index is 12.8. The largest absolute Gasteiger partial charge is 0.756 e. The standard InChI is InChI=1S/C47H83N2O6P/c1-6-8-10-12-14-15-16-17-18-19-20-21-22-23-24-25-26-27-28-29-30-31-32-33-35-37-39-41-47(51)48-45(46(50)40-38-36-34-13-11-9-7-2)44-55-56(52,53)54-43-42-49(3,4)5/h8,10,14-15,17-18,20-21,23-24,26-27,38,40,45-46,50H,6-7,9,11-13,16,19,22,25,28-37,39,41-44H2,1-5H3,(H-,48,51,52,53)/b10-8-,15-14-,18-17-,21-20-,24-23-,27-26-,40-38+. The van der Waals surface area contributed by atoms with Crippen molar-refractivity contribution in [2.24, 2.45) is 0 Å². The number of phosphoric ester groups is 1. The summed E-state index contributed by atoms with van der Waals surface area (Å²) in [5.41, 5.74) is 0. The average molecular weight is 803 g/mol. The first-order chi connectivity index (χ1) is 27.0. The number of rotatable bonds is 38. The zero-order valence-corrected chi connectivity index (χ0v) is 37.2. The minimum absolute atomic E-state index is 0.00782. The fourth-order valence-electron chi connectivity index (χ4n) is 5.62. The zero-order valence-electron chi connectivity index (χ0n) is 36.3. The van der Waals surface area contributed by atoms with Crippen molar-refractivity contribution >= 4 is 13.7 Å². The van der Waals surface area contributed by atoms with Crippen LogP contribution in [0.25, 0.3) is 0 Å². The van der Waals surface area contributed by atoms with Gasteiger partial charge in [0.25, 0.3) is 7.82 Å². The number of carbonyl (C=O) groups is 1. The molecule has 9 heteroatoms. The number of nitrogens with zero attached hydrogens (tertiary/aromatic N) is 1. The first kappa shape index (κ1) is 53.7. The molecule has 0 bridgehead atoms. The van der Waals surface area contributed by atoms with E-state index >= 15 is 0 Å². The van der Waals surface area contributed by atoms with Crippen LogP contribution in [0.1, 0.15) is 155 Å². The molecule has 0 saturated heterocycles. The molecule has 0 aromatic carbocycles. The van der Waals surface area contributed by atoms with Crippen LogP contribution in [0.3, 0.4) is 0 Å². The Bertz CT molecular complexity index is 1180. The molecule has 2 N–H and O–H groups in total. The maximum absolute atomic E-state index is 12.8. The van der Waals surface area contributed by atoms with Crippen LogP contribution in [0.4, 0.5) is 0 Å². The van der Waals surface area contributed by atoms with E-state index in [-0.39, 0.29) is 19.1 Å². The Hall–Kier alpha value is -2.32. The van der Waals surface area contributed by atoms with Crippen LogP contribution in [0.2, 0.25) is 0 Å². The third kappa shape index (κ3) is 39.9. The number of aliphatic hydroxyl groups is 1. The summed E-state index contributed by atoms with van der Waals surface area (Å²) >= 11 is 0. The number of quaternary nitrogens is 1. The summed E-state index contributed by atoms with van der Waals surface area (Å²) in [5, 5.41) is 13.6. The van der Waals surface area contributed by atoms with E-state index in [9.17, 15) is 19.4 Å². The molecule has 3 unspecified atom stereocenters. The molecule has 3 atom stereocenters. The van der Waals surface area contributed by atoms with Gasteiger partial charge in [-0.25, -0.2) is 0 Å². The van der Waals surface area contributed by atoms with E-state index in [4.69, 9.17) is 9.05 Å². The molecular weight excluding hydrogens is 719 g/mol. The fraction of sp³-hybridized carbons (Fsp3) is 0.681. The van der Waals surface area contributed by atoms with Crippen LogP contribution < -0.4 is 10.2 Å². The molecule has 0 aromatic heterocycles. The van der Waals surface area contributed by atoms with Gasteiger partial charge in [-0.3, -0.25) is 9.36 Å². The highest BCUT2D eigenvalue weighted by Gasteiger charge is 2.23. The number of nitrogens with one attached hydrogen (secondary N) is 1. The van der Waals surface area contributed by atoms with Crippen molar-refractivity contribution < 1.29 is 32.9 Å². The molecule has 0 rings (SSSR count). The van der Waals surface area contributed by atoms with E-state index in [1.165, 1.54) is 44.9 Å². The van der Waals surface area contributed by atoms with Crippen LogP contribution >= 0.6 is 7.82 Å². The van der Waals surface area contributed by atoms with E-state index in [0.29, 0.717) is 17.4 Å². The van der Waals surface area contributed by atoms with Gasteiger partial charge >= 0.3 is 0 Å². The molecule has 0 aliphatic rings. The number of hydrogen-bond acceptors (Lipinski definition) is 6. The van der Waals surface area contributed by atoms with Gasteiger partial charge in [0.2, 0.25) is 5.91 Å². The van der Waals surface area contributed by atoms with Gasteiger partial charge in [-0.15, -0.1) is 0 Å². The molecule has 0 aromatic rings. The molecule has 1 amide bonds. The summed E-state index contributed by atoms with van der Waals surface area (Å²) in [7, 11) is 1.23. The minimum atomic E-state index is -4.58. The van der Waals surface area contributed by atoms with Gasteiger partial charge in [-0.2, -0.15) is 0 Å². The Kier molecular flexibility index (Phi) is 36.6. The molecule has 0 radical (unpaired) electrons. The van der Waals surface area contributed by atoms with E-state index in [2.05, 4.69) is 92.1 Å². The Labute approximate surface area is 344 Å². The summed E-state index contributed by atoms with van der Waals surface area (Å²) in [5.74, 6) is -0.216. The minimum Gasteiger partial charge on any atom is -0.756 e. The lowest BCUT2D eigenvalue weighted by Crippen LogP contribution is -2.45. The number of phosphoric acid groups is 1. The van der Waals surface area contributed by atoms with Crippen LogP contribution in [-0.2, 0) is 18.4 Å². The SMILES string of the molecule is CC/C=C\C/C=C\C/C=C\C/C=C\C/C=C\C/C=C\CCCCCCCCCCC(=O)NC(COP(=O)([O-])OCC[N+](C)(C)C)C(O)/C=C/CCCCCCC. The first-order valence-electron chi connectivity index (χ1n) is 21.9. The van der Waals surface area contributed by atoms with Crippen molar-refractivity contribution in [1.29, 1.82) is 0 Å². The predicted molar refractivity (Wildman–Crippen MR) is 237 cm³/mol. The molecule has 56 heavy (non-hydrogen) atoms. The molecule has 0 aliphatic carbocycles. The van der Waals surface area contributed by atoms with Crippen molar-refractivity contribution in [3.63, 3.8) is 0 Å². The monoisotopic (exact) mass is 803 g/mol.